The fourth-order valence-corrected chi connectivity index (χ4v) is 3.11. The van der Waals surface area contributed by atoms with Gasteiger partial charge in [-0.05, 0) is 48.0 Å². The summed E-state index contributed by atoms with van der Waals surface area (Å²) in [6, 6.07) is 22.7. The van der Waals surface area contributed by atoms with Crippen LogP contribution in [0, 0.1) is 0 Å². The molecule has 4 rings (SSSR count). The van der Waals surface area contributed by atoms with Crippen LogP contribution in [0.5, 0.6) is 0 Å². The lowest BCUT2D eigenvalue weighted by molar-refractivity contribution is 0.102. The molecule has 5 heteroatoms. The average molecular weight is 407 g/mol. The van der Waals surface area contributed by atoms with Gasteiger partial charge in [0.1, 0.15) is 5.52 Å². The molecule has 0 atom stereocenters. The van der Waals surface area contributed by atoms with Crippen molar-refractivity contribution in [1.82, 2.24) is 4.98 Å². The fourth-order valence-electron chi connectivity index (χ4n) is 2.71. The molecule has 0 unspecified atom stereocenters. The molecule has 0 spiro atoms. The van der Waals surface area contributed by atoms with Crippen LogP contribution in [-0.4, -0.2) is 10.9 Å². The van der Waals surface area contributed by atoms with Gasteiger partial charge in [0.2, 0.25) is 0 Å². The number of halogens is 1. The van der Waals surface area contributed by atoms with Crippen LogP contribution >= 0.6 is 15.9 Å². The Morgan fingerprint density at radius 1 is 1.00 bits per heavy atom. The lowest BCUT2D eigenvalue weighted by atomic mass is 10.1. The van der Waals surface area contributed by atoms with Crippen LogP contribution in [0.15, 0.2) is 81.7 Å². The third-order valence-electron chi connectivity index (χ3n) is 3.99. The summed E-state index contributed by atoms with van der Waals surface area (Å²) in [5.74, 6) is 0.537. The summed E-state index contributed by atoms with van der Waals surface area (Å²) >= 11 is 3.37. The molecule has 1 aromatic heterocycles. The summed E-state index contributed by atoms with van der Waals surface area (Å²) in [6.07, 6.45) is 0.606. The number of benzene rings is 3. The van der Waals surface area contributed by atoms with Crippen molar-refractivity contribution in [2.75, 3.05) is 5.32 Å². The highest BCUT2D eigenvalue weighted by Gasteiger charge is 2.08. The molecule has 3 aromatic carbocycles. The Kier molecular flexibility index (Phi) is 4.54. The molecule has 1 heterocycles. The van der Waals surface area contributed by atoms with Crippen molar-refractivity contribution in [2.45, 2.75) is 6.42 Å². The van der Waals surface area contributed by atoms with E-state index in [2.05, 4.69) is 26.2 Å². The third-order valence-corrected chi connectivity index (χ3v) is 4.49. The highest BCUT2D eigenvalue weighted by molar-refractivity contribution is 9.10. The maximum absolute atomic E-state index is 12.3. The first-order valence-electron chi connectivity index (χ1n) is 8.18. The third kappa shape index (κ3) is 3.68. The van der Waals surface area contributed by atoms with E-state index >= 15 is 0 Å². The van der Waals surface area contributed by atoms with E-state index in [0.29, 0.717) is 17.9 Å². The van der Waals surface area contributed by atoms with Crippen LogP contribution in [0.1, 0.15) is 21.8 Å². The van der Waals surface area contributed by atoms with Crippen molar-refractivity contribution in [3.05, 3.63) is 94.3 Å². The van der Waals surface area contributed by atoms with Crippen molar-refractivity contribution in [3.63, 3.8) is 0 Å². The van der Waals surface area contributed by atoms with Crippen molar-refractivity contribution in [1.29, 1.82) is 0 Å². The van der Waals surface area contributed by atoms with Gasteiger partial charge in [0.05, 0.1) is 0 Å². The second-order valence-electron chi connectivity index (χ2n) is 5.91. The monoisotopic (exact) mass is 406 g/mol. The Balaban J connectivity index is 1.45. The standard InChI is InChI=1S/C21H15BrN2O2/c22-16-5-3-4-15(13-16)21(25)23-17-10-8-14(9-11-17)12-20-24-18-6-1-2-7-19(18)26-20/h1-11,13H,12H2,(H,23,25). The van der Waals surface area contributed by atoms with Gasteiger partial charge >= 0.3 is 0 Å². The van der Waals surface area contributed by atoms with E-state index in [-0.39, 0.29) is 5.91 Å². The summed E-state index contributed by atoms with van der Waals surface area (Å²) in [5, 5.41) is 2.90. The van der Waals surface area contributed by atoms with Gasteiger partial charge in [-0.3, -0.25) is 4.79 Å². The smallest absolute Gasteiger partial charge is 0.255 e. The van der Waals surface area contributed by atoms with Crippen LogP contribution in [0.4, 0.5) is 5.69 Å². The maximum Gasteiger partial charge on any atom is 0.255 e. The van der Waals surface area contributed by atoms with Crippen molar-refractivity contribution in [2.24, 2.45) is 0 Å². The first kappa shape index (κ1) is 16.5. The van der Waals surface area contributed by atoms with Gasteiger partial charge in [0.15, 0.2) is 11.5 Å². The van der Waals surface area contributed by atoms with Gasteiger partial charge in [-0.1, -0.05) is 46.3 Å². The zero-order valence-electron chi connectivity index (χ0n) is 13.8. The number of oxazole rings is 1. The van der Waals surface area contributed by atoms with Gasteiger partial charge in [0, 0.05) is 22.1 Å². The molecule has 0 aliphatic rings. The Hall–Kier alpha value is -2.92. The highest BCUT2D eigenvalue weighted by atomic mass is 79.9. The Bertz CT molecular complexity index is 1040. The number of carbonyl (C=O) groups excluding carboxylic acids is 1. The van der Waals surface area contributed by atoms with E-state index in [1.165, 1.54) is 0 Å². The molecule has 0 saturated carbocycles. The summed E-state index contributed by atoms with van der Waals surface area (Å²) in [5.41, 5.74) is 4.07. The molecule has 4 aromatic rings. The second kappa shape index (κ2) is 7.14. The van der Waals surface area contributed by atoms with Gasteiger partial charge in [-0.2, -0.15) is 0 Å². The van der Waals surface area contributed by atoms with Gasteiger partial charge in [-0.25, -0.2) is 4.98 Å². The fraction of sp³-hybridized carbons (Fsp3) is 0.0476. The molecule has 0 fully saturated rings. The number of amides is 1. The molecule has 128 valence electrons. The first-order chi connectivity index (χ1) is 12.7. The number of hydrogen-bond donors (Lipinski definition) is 1. The number of nitrogens with zero attached hydrogens (tertiary/aromatic N) is 1. The molecule has 0 aliphatic carbocycles. The number of carbonyl (C=O) groups is 1. The summed E-state index contributed by atoms with van der Waals surface area (Å²) < 4.78 is 6.62. The predicted molar refractivity (Wildman–Crippen MR) is 105 cm³/mol. The molecule has 0 aliphatic heterocycles. The number of aromatic nitrogens is 1. The lowest BCUT2D eigenvalue weighted by Crippen LogP contribution is -2.11. The molecule has 0 bridgehead atoms. The minimum Gasteiger partial charge on any atom is -0.440 e. The summed E-state index contributed by atoms with van der Waals surface area (Å²) in [6.45, 7) is 0. The molecular formula is C21H15BrN2O2. The van der Waals surface area contributed by atoms with E-state index in [0.717, 1.165) is 26.8 Å². The summed E-state index contributed by atoms with van der Waals surface area (Å²) in [7, 11) is 0. The number of hydrogen-bond acceptors (Lipinski definition) is 3. The van der Waals surface area contributed by atoms with Gasteiger partial charge < -0.3 is 9.73 Å². The molecule has 26 heavy (non-hydrogen) atoms. The number of anilines is 1. The van der Waals surface area contributed by atoms with Crippen LogP contribution < -0.4 is 5.32 Å². The molecule has 1 amide bonds. The minimum atomic E-state index is -0.141. The first-order valence-corrected chi connectivity index (χ1v) is 8.97. The van der Waals surface area contributed by atoms with Crippen LogP contribution in [0.2, 0.25) is 0 Å². The Morgan fingerprint density at radius 2 is 1.81 bits per heavy atom. The van der Waals surface area contributed by atoms with Gasteiger partial charge in [0.25, 0.3) is 5.91 Å². The van der Waals surface area contributed by atoms with Crippen molar-refractivity contribution < 1.29 is 9.21 Å². The van der Waals surface area contributed by atoms with E-state index in [4.69, 9.17) is 4.42 Å². The number of fused-ring (bicyclic) bond motifs is 1. The second-order valence-corrected chi connectivity index (χ2v) is 6.83. The number of rotatable bonds is 4. The number of nitrogens with one attached hydrogen (secondary N) is 1. The largest absolute Gasteiger partial charge is 0.440 e. The molecule has 0 radical (unpaired) electrons. The zero-order chi connectivity index (χ0) is 17.9. The lowest BCUT2D eigenvalue weighted by Gasteiger charge is -2.06. The molecule has 0 saturated heterocycles. The van der Waals surface area contributed by atoms with Gasteiger partial charge in [-0.15, -0.1) is 0 Å². The highest BCUT2D eigenvalue weighted by Crippen LogP contribution is 2.19. The van der Waals surface area contributed by atoms with E-state index in [9.17, 15) is 4.79 Å². The topological polar surface area (TPSA) is 55.1 Å². The zero-order valence-corrected chi connectivity index (χ0v) is 15.4. The van der Waals surface area contributed by atoms with E-state index < -0.39 is 0 Å². The van der Waals surface area contributed by atoms with E-state index in [1.807, 2.05) is 60.7 Å². The van der Waals surface area contributed by atoms with Crippen molar-refractivity contribution >= 4 is 38.6 Å². The normalized spacial score (nSPS) is 10.8. The molecular weight excluding hydrogens is 392 g/mol. The average Bonchev–Trinajstić information content (AvgIpc) is 3.05. The van der Waals surface area contributed by atoms with Crippen LogP contribution in [0.25, 0.3) is 11.1 Å². The predicted octanol–water partition coefficient (Wildman–Crippen LogP) is 5.43. The maximum atomic E-state index is 12.3. The van der Waals surface area contributed by atoms with Crippen molar-refractivity contribution in [3.8, 4) is 0 Å². The number of para-hydroxylation sites is 2. The van der Waals surface area contributed by atoms with Crippen LogP contribution in [-0.2, 0) is 6.42 Å². The molecule has 1 N–H and O–H groups in total. The van der Waals surface area contributed by atoms with Crippen LogP contribution in [0.3, 0.4) is 0 Å². The Morgan fingerprint density at radius 3 is 2.58 bits per heavy atom. The SMILES string of the molecule is O=C(Nc1ccc(Cc2nc3ccccc3o2)cc1)c1cccc(Br)c1. The minimum absolute atomic E-state index is 0.141. The van der Waals surface area contributed by atoms with E-state index in [1.54, 1.807) is 12.1 Å². The quantitative estimate of drug-likeness (QED) is 0.491. The molecule has 4 nitrogen and oxygen atoms in total. The Labute approximate surface area is 159 Å². The summed E-state index contributed by atoms with van der Waals surface area (Å²) in [4.78, 5) is 16.8.